The molecule has 0 radical (unpaired) electrons. The summed E-state index contributed by atoms with van der Waals surface area (Å²) in [5.41, 5.74) is 5.94. The van der Waals surface area contributed by atoms with Crippen molar-refractivity contribution >= 4 is 0 Å². The van der Waals surface area contributed by atoms with Gasteiger partial charge in [0.05, 0.1) is 11.5 Å². The average Bonchev–Trinajstić information content (AvgIpc) is 2.98. The molecule has 20 heavy (non-hydrogen) atoms. The number of hydrogen-bond donors (Lipinski definition) is 1. The third-order valence-corrected chi connectivity index (χ3v) is 4.81. The molecule has 2 N–H and O–H groups in total. The fourth-order valence-corrected chi connectivity index (χ4v) is 3.46. The minimum absolute atomic E-state index is 0.0725. The zero-order valence-electron chi connectivity index (χ0n) is 12.1. The van der Waals surface area contributed by atoms with Crippen molar-refractivity contribution in [3.05, 3.63) is 11.7 Å². The molecule has 0 bridgehead atoms. The summed E-state index contributed by atoms with van der Waals surface area (Å²) >= 11 is 0. The monoisotopic (exact) mass is 279 g/mol. The molecule has 0 amide bonds. The van der Waals surface area contributed by atoms with E-state index in [4.69, 9.17) is 15.0 Å². The van der Waals surface area contributed by atoms with Crippen molar-refractivity contribution < 1.29 is 9.26 Å². The summed E-state index contributed by atoms with van der Waals surface area (Å²) in [4.78, 5) is 4.63. The van der Waals surface area contributed by atoms with E-state index in [-0.39, 0.29) is 11.5 Å². The van der Waals surface area contributed by atoms with E-state index in [0.717, 1.165) is 44.0 Å². The highest BCUT2D eigenvalue weighted by molar-refractivity contribution is 5.08. The second-order valence-corrected chi connectivity index (χ2v) is 6.25. The average molecular weight is 279 g/mol. The van der Waals surface area contributed by atoms with Crippen LogP contribution in [0.4, 0.5) is 0 Å². The zero-order chi connectivity index (χ0) is 13.8. The van der Waals surface area contributed by atoms with Crippen LogP contribution in [0.25, 0.3) is 0 Å². The van der Waals surface area contributed by atoms with Gasteiger partial charge in [0.25, 0.3) is 0 Å². The summed E-state index contributed by atoms with van der Waals surface area (Å²) in [5.74, 6) is 1.54. The molecule has 2 fully saturated rings. The minimum Gasteiger partial charge on any atom is -0.378 e. The van der Waals surface area contributed by atoms with Crippen LogP contribution in [0.5, 0.6) is 0 Å². The van der Waals surface area contributed by atoms with Crippen molar-refractivity contribution in [1.82, 2.24) is 10.1 Å². The summed E-state index contributed by atoms with van der Waals surface area (Å²) in [7, 11) is 0. The van der Waals surface area contributed by atoms with Gasteiger partial charge in [-0.15, -0.1) is 0 Å². The van der Waals surface area contributed by atoms with Crippen LogP contribution in [0.1, 0.15) is 63.1 Å². The molecule has 1 aliphatic carbocycles. The van der Waals surface area contributed by atoms with E-state index in [1.165, 1.54) is 32.1 Å². The maximum atomic E-state index is 6.01. The normalized spacial score (nSPS) is 26.6. The van der Waals surface area contributed by atoms with Crippen molar-refractivity contribution in [2.75, 3.05) is 13.2 Å². The first kappa shape index (κ1) is 14.0. The van der Waals surface area contributed by atoms with Crippen molar-refractivity contribution in [2.45, 2.75) is 69.3 Å². The molecule has 1 atom stereocenters. The predicted octanol–water partition coefficient (Wildman–Crippen LogP) is 2.34. The highest BCUT2D eigenvalue weighted by Gasteiger charge is 2.38. The molecule has 2 aliphatic rings. The van der Waals surface area contributed by atoms with Gasteiger partial charge in [0, 0.05) is 19.6 Å². The molecule has 1 aliphatic heterocycles. The number of rotatable bonds is 4. The quantitative estimate of drug-likeness (QED) is 0.915. The van der Waals surface area contributed by atoms with E-state index in [9.17, 15) is 0 Å². The molecule has 0 spiro atoms. The van der Waals surface area contributed by atoms with Crippen molar-refractivity contribution in [3.8, 4) is 0 Å². The van der Waals surface area contributed by atoms with Crippen LogP contribution in [0.3, 0.4) is 0 Å². The first-order valence-corrected chi connectivity index (χ1v) is 7.97. The molecule has 112 valence electrons. The maximum Gasteiger partial charge on any atom is 0.234 e. The Morgan fingerprint density at radius 2 is 2.00 bits per heavy atom. The Kier molecular flexibility index (Phi) is 4.36. The molecule has 1 unspecified atom stereocenters. The third-order valence-electron chi connectivity index (χ3n) is 4.81. The number of nitrogens with zero attached hydrogens (tertiary/aromatic N) is 2. The van der Waals surface area contributed by atoms with Crippen molar-refractivity contribution in [1.29, 1.82) is 0 Å². The Morgan fingerprint density at radius 1 is 1.15 bits per heavy atom. The maximum absolute atomic E-state index is 6.01. The van der Waals surface area contributed by atoms with Gasteiger partial charge >= 0.3 is 0 Å². The highest BCUT2D eigenvalue weighted by atomic mass is 16.5. The van der Waals surface area contributed by atoms with Crippen LogP contribution in [0, 0.1) is 0 Å². The Labute approximate surface area is 120 Å². The van der Waals surface area contributed by atoms with Gasteiger partial charge in [0.15, 0.2) is 5.82 Å². The second-order valence-electron chi connectivity index (χ2n) is 6.25. The fourth-order valence-electron chi connectivity index (χ4n) is 3.46. The zero-order valence-corrected chi connectivity index (χ0v) is 12.1. The Bertz CT molecular complexity index is 421. The summed E-state index contributed by atoms with van der Waals surface area (Å²) < 4.78 is 11.3. The van der Waals surface area contributed by atoms with E-state index in [2.05, 4.69) is 10.1 Å². The number of aromatic nitrogens is 2. The van der Waals surface area contributed by atoms with Crippen LogP contribution in [0.15, 0.2) is 4.52 Å². The molecule has 1 aromatic rings. The topological polar surface area (TPSA) is 74.2 Å². The SMILES string of the molecule is NCC1(c2nc(CC3CCCCO3)no2)CCCCC1. The fraction of sp³-hybridized carbons (Fsp3) is 0.867. The number of nitrogens with two attached hydrogens (primary N) is 1. The smallest absolute Gasteiger partial charge is 0.234 e. The van der Waals surface area contributed by atoms with Gasteiger partial charge in [-0.1, -0.05) is 24.4 Å². The molecule has 3 rings (SSSR count). The number of hydrogen-bond acceptors (Lipinski definition) is 5. The lowest BCUT2D eigenvalue weighted by Gasteiger charge is -2.32. The molecule has 1 saturated carbocycles. The van der Waals surface area contributed by atoms with Gasteiger partial charge in [-0.2, -0.15) is 4.98 Å². The van der Waals surface area contributed by atoms with Crippen LogP contribution >= 0.6 is 0 Å². The number of ether oxygens (including phenoxy) is 1. The van der Waals surface area contributed by atoms with E-state index < -0.39 is 0 Å². The summed E-state index contributed by atoms with van der Waals surface area (Å²) in [5, 5.41) is 4.16. The molecule has 1 saturated heterocycles. The Hall–Kier alpha value is -0.940. The summed E-state index contributed by atoms with van der Waals surface area (Å²) in [6.07, 6.45) is 10.4. The van der Waals surface area contributed by atoms with Gasteiger partial charge in [-0.05, 0) is 32.1 Å². The predicted molar refractivity (Wildman–Crippen MR) is 75.4 cm³/mol. The lowest BCUT2D eigenvalue weighted by atomic mass is 9.74. The van der Waals surface area contributed by atoms with E-state index >= 15 is 0 Å². The van der Waals surface area contributed by atoms with Crippen LogP contribution in [0.2, 0.25) is 0 Å². The largest absolute Gasteiger partial charge is 0.378 e. The molecule has 2 heterocycles. The lowest BCUT2D eigenvalue weighted by molar-refractivity contribution is 0.0153. The highest BCUT2D eigenvalue weighted by Crippen LogP contribution is 2.37. The minimum atomic E-state index is -0.0725. The molecule has 5 nitrogen and oxygen atoms in total. The molecule has 0 aromatic carbocycles. The van der Waals surface area contributed by atoms with Gasteiger partial charge in [-0.25, -0.2) is 0 Å². The van der Waals surface area contributed by atoms with Gasteiger partial charge in [-0.3, -0.25) is 0 Å². The first-order chi connectivity index (χ1) is 9.82. The molecule has 1 aromatic heterocycles. The second kappa shape index (κ2) is 6.22. The van der Waals surface area contributed by atoms with Crippen LogP contribution < -0.4 is 5.73 Å². The molecular weight excluding hydrogens is 254 g/mol. The van der Waals surface area contributed by atoms with Crippen molar-refractivity contribution in [2.24, 2.45) is 5.73 Å². The van der Waals surface area contributed by atoms with Gasteiger partial charge < -0.3 is 15.0 Å². The Morgan fingerprint density at radius 3 is 2.70 bits per heavy atom. The van der Waals surface area contributed by atoms with E-state index in [1.54, 1.807) is 0 Å². The van der Waals surface area contributed by atoms with E-state index in [0.29, 0.717) is 6.54 Å². The summed E-state index contributed by atoms with van der Waals surface area (Å²) in [6, 6.07) is 0. The first-order valence-electron chi connectivity index (χ1n) is 7.97. The Balaban J connectivity index is 1.68. The van der Waals surface area contributed by atoms with Crippen LogP contribution in [-0.2, 0) is 16.6 Å². The molecular formula is C15H25N3O2. The van der Waals surface area contributed by atoms with Gasteiger partial charge in [0.1, 0.15) is 0 Å². The standard InChI is InChI=1S/C15H25N3O2/c16-11-15(7-3-1-4-8-15)14-17-13(18-20-14)10-12-6-2-5-9-19-12/h12H,1-11,16H2. The molecule has 5 heteroatoms. The van der Waals surface area contributed by atoms with E-state index in [1.807, 2.05) is 0 Å². The third kappa shape index (κ3) is 2.88. The van der Waals surface area contributed by atoms with Crippen LogP contribution in [-0.4, -0.2) is 29.4 Å². The van der Waals surface area contributed by atoms with Crippen molar-refractivity contribution in [3.63, 3.8) is 0 Å². The van der Waals surface area contributed by atoms with Gasteiger partial charge in [0.2, 0.25) is 5.89 Å². The lowest BCUT2D eigenvalue weighted by Crippen LogP contribution is -2.37. The summed E-state index contributed by atoms with van der Waals surface area (Å²) in [6.45, 7) is 1.47.